The van der Waals surface area contributed by atoms with E-state index in [9.17, 15) is 0 Å². The van der Waals surface area contributed by atoms with Crippen LogP contribution in [0.25, 0.3) is 0 Å². The number of aryl methyl sites for hydroxylation is 1. The molecule has 66 valence electrons. The van der Waals surface area contributed by atoms with Gasteiger partial charge in [0.15, 0.2) is 0 Å². The van der Waals surface area contributed by atoms with E-state index >= 15 is 0 Å². The van der Waals surface area contributed by atoms with Gasteiger partial charge in [-0.1, -0.05) is 0 Å². The Bertz CT molecular complexity index is 378. The van der Waals surface area contributed by atoms with Crippen LogP contribution >= 0.6 is 11.3 Å². The van der Waals surface area contributed by atoms with E-state index in [1.165, 1.54) is 10.0 Å². The average molecular weight is 253 g/mol. The van der Waals surface area contributed by atoms with E-state index in [1.807, 2.05) is 11.3 Å². The fourth-order valence-corrected chi connectivity index (χ4v) is 4.45. The molecule has 0 saturated heterocycles. The maximum absolute atomic E-state index is 2.21. The van der Waals surface area contributed by atoms with Crippen molar-refractivity contribution in [1.29, 1.82) is 0 Å². The number of benzene rings is 1. The SMILES string of the molecule is Cc1ccsc1[Se]c1ccccc1. The molecule has 0 aliphatic heterocycles. The molecule has 0 N–H and O–H groups in total. The van der Waals surface area contributed by atoms with Crippen LogP contribution in [0.15, 0.2) is 41.8 Å². The Kier molecular flexibility index (Phi) is 2.84. The van der Waals surface area contributed by atoms with Crippen molar-refractivity contribution < 1.29 is 0 Å². The molecule has 1 heterocycles. The minimum atomic E-state index is 0.500. The summed E-state index contributed by atoms with van der Waals surface area (Å²) in [5.41, 5.74) is 1.44. The van der Waals surface area contributed by atoms with Gasteiger partial charge in [-0.3, -0.25) is 0 Å². The zero-order valence-electron chi connectivity index (χ0n) is 7.36. The summed E-state index contributed by atoms with van der Waals surface area (Å²) in [6.45, 7) is 2.19. The molecule has 2 heteroatoms. The molecule has 0 saturated carbocycles. The number of rotatable bonds is 2. The molecule has 0 atom stereocenters. The summed E-state index contributed by atoms with van der Waals surface area (Å²) in [6.07, 6.45) is 0. The van der Waals surface area contributed by atoms with Gasteiger partial charge in [0.1, 0.15) is 0 Å². The quantitative estimate of drug-likeness (QED) is 0.715. The van der Waals surface area contributed by atoms with Crippen molar-refractivity contribution in [2.75, 3.05) is 0 Å². The average Bonchev–Trinajstić information content (AvgIpc) is 2.54. The monoisotopic (exact) mass is 254 g/mol. The summed E-state index contributed by atoms with van der Waals surface area (Å²) in [4.78, 5) is 0. The first-order valence-electron chi connectivity index (χ1n) is 4.13. The first-order chi connectivity index (χ1) is 6.36. The zero-order chi connectivity index (χ0) is 9.10. The van der Waals surface area contributed by atoms with Crippen molar-refractivity contribution in [2.45, 2.75) is 6.92 Å². The summed E-state index contributed by atoms with van der Waals surface area (Å²) in [5, 5.41) is 2.18. The fourth-order valence-electron chi connectivity index (χ4n) is 1.06. The number of hydrogen-bond acceptors (Lipinski definition) is 1. The molecule has 2 rings (SSSR count). The fraction of sp³-hybridized carbons (Fsp3) is 0.0909. The zero-order valence-corrected chi connectivity index (χ0v) is 9.89. The van der Waals surface area contributed by atoms with Crippen molar-refractivity contribution in [2.24, 2.45) is 0 Å². The van der Waals surface area contributed by atoms with Crippen molar-refractivity contribution in [3.05, 3.63) is 47.3 Å². The van der Waals surface area contributed by atoms with Crippen molar-refractivity contribution in [1.82, 2.24) is 0 Å². The molecular weight excluding hydrogens is 243 g/mol. The van der Waals surface area contributed by atoms with Gasteiger partial charge in [0.2, 0.25) is 0 Å². The van der Waals surface area contributed by atoms with Crippen LogP contribution in [0.3, 0.4) is 0 Å². The van der Waals surface area contributed by atoms with Gasteiger partial charge in [0.25, 0.3) is 0 Å². The molecule has 0 radical (unpaired) electrons. The summed E-state index contributed by atoms with van der Waals surface area (Å²) < 4.78 is 3.00. The Morgan fingerprint density at radius 3 is 2.46 bits per heavy atom. The standard InChI is InChI=1S/C11H10SSe/c1-9-7-8-12-11(9)13-10-5-3-2-4-6-10/h2-8H,1H3. The van der Waals surface area contributed by atoms with Crippen LogP contribution in [0.4, 0.5) is 0 Å². The second-order valence-electron chi connectivity index (χ2n) is 2.81. The molecule has 0 amide bonds. The molecular formula is C11H10SSe. The van der Waals surface area contributed by atoms with Gasteiger partial charge < -0.3 is 0 Å². The van der Waals surface area contributed by atoms with Gasteiger partial charge in [-0.25, -0.2) is 0 Å². The Morgan fingerprint density at radius 1 is 1.08 bits per heavy atom. The summed E-state index contributed by atoms with van der Waals surface area (Å²) in [6, 6.07) is 12.9. The number of hydrogen-bond donors (Lipinski definition) is 0. The van der Waals surface area contributed by atoms with E-state index in [4.69, 9.17) is 0 Å². The Labute approximate surface area is 88.8 Å². The minimum absolute atomic E-state index is 0.500. The summed E-state index contributed by atoms with van der Waals surface area (Å²) >= 11 is 2.37. The molecule has 0 aliphatic rings. The van der Waals surface area contributed by atoms with E-state index in [2.05, 4.69) is 48.7 Å². The van der Waals surface area contributed by atoms with Gasteiger partial charge in [0, 0.05) is 0 Å². The molecule has 0 spiro atoms. The van der Waals surface area contributed by atoms with Crippen LogP contribution in [0.1, 0.15) is 5.56 Å². The van der Waals surface area contributed by atoms with E-state index < -0.39 is 0 Å². The molecule has 0 aliphatic carbocycles. The first-order valence-corrected chi connectivity index (χ1v) is 6.72. The van der Waals surface area contributed by atoms with E-state index in [0.29, 0.717) is 15.0 Å². The maximum atomic E-state index is 2.21. The predicted molar refractivity (Wildman–Crippen MR) is 60.5 cm³/mol. The second kappa shape index (κ2) is 4.10. The molecule has 2 aromatic rings. The summed E-state index contributed by atoms with van der Waals surface area (Å²) in [5.74, 6) is 0. The Hall–Kier alpha value is -0.561. The van der Waals surface area contributed by atoms with Crippen LogP contribution in [0.2, 0.25) is 0 Å². The third-order valence-corrected chi connectivity index (χ3v) is 5.75. The van der Waals surface area contributed by atoms with Crippen LogP contribution in [0.5, 0.6) is 0 Å². The van der Waals surface area contributed by atoms with Crippen LogP contribution in [-0.4, -0.2) is 15.0 Å². The molecule has 0 unspecified atom stereocenters. The predicted octanol–water partition coefficient (Wildman–Crippen LogP) is 1.71. The second-order valence-corrected chi connectivity index (χ2v) is 6.58. The van der Waals surface area contributed by atoms with Gasteiger partial charge >= 0.3 is 88.8 Å². The number of thiophene rings is 1. The van der Waals surface area contributed by atoms with Crippen LogP contribution < -0.4 is 8.24 Å². The third-order valence-electron chi connectivity index (χ3n) is 1.77. The summed E-state index contributed by atoms with van der Waals surface area (Å²) in [7, 11) is 0. The van der Waals surface area contributed by atoms with Crippen molar-refractivity contribution in [3.8, 4) is 0 Å². The van der Waals surface area contributed by atoms with E-state index in [1.54, 1.807) is 3.78 Å². The van der Waals surface area contributed by atoms with Gasteiger partial charge in [0.05, 0.1) is 0 Å². The van der Waals surface area contributed by atoms with Crippen molar-refractivity contribution in [3.63, 3.8) is 0 Å². The molecule has 0 nitrogen and oxygen atoms in total. The van der Waals surface area contributed by atoms with Gasteiger partial charge in [-0.15, -0.1) is 0 Å². The molecule has 0 bridgehead atoms. The molecule has 1 aromatic heterocycles. The van der Waals surface area contributed by atoms with Gasteiger partial charge in [-0.05, 0) is 0 Å². The molecule has 0 fully saturated rings. The Morgan fingerprint density at radius 2 is 1.85 bits per heavy atom. The van der Waals surface area contributed by atoms with E-state index in [0.717, 1.165) is 0 Å². The van der Waals surface area contributed by atoms with E-state index in [-0.39, 0.29) is 0 Å². The van der Waals surface area contributed by atoms with Gasteiger partial charge in [-0.2, -0.15) is 0 Å². The normalized spacial score (nSPS) is 10.2. The molecule has 1 aromatic carbocycles. The third kappa shape index (κ3) is 2.22. The van der Waals surface area contributed by atoms with Crippen molar-refractivity contribution >= 4 is 34.5 Å². The first kappa shape index (κ1) is 9.01. The van der Waals surface area contributed by atoms with Crippen LogP contribution in [-0.2, 0) is 0 Å². The molecule has 13 heavy (non-hydrogen) atoms. The van der Waals surface area contributed by atoms with Crippen LogP contribution in [0, 0.1) is 6.92 Å². The topological polar surface area (TPSA) is 0 Å². The Balaban J connectivity index is 2.20.